The number of rotatable bonds is 7. The van der Waals surface area contributed by atoms with Gasteiger partial charge in [-0.1, -0.05) is 76.1 Å². The van der Waals surface area contributed by atoms with Crippen LogP contribution >= 0.6 is 0 Å². The Bertz CT molecular complexity index is 781. The highest BCUT2D eigenvalue weighted by atomic mass is 19.3. The topological polar surface area (TPSA) is 0 Å². The minimum Gasteiger partial charge on any atom is -0.195 e. The average Bonchev–Trinajstić information content (AvgIpc) is 2.80. The molecule has 0 aliphatic heterocycles. The molecule has 0 bridgehead atoms. The van der Waals surface area contributed by atoms with Gasteiger partial charge in [-0.05, 0) is 79.4 Å². The Morgan fingerprint density at radius 1 is 0.812 bits per heavy atom. The van der Waals surface area contributed by atoms with Gasteiger partial charge in [0.2, 0.25) is 0 Å². The molecule has 0 saturated heterocycles. The number of benzene rings is 1. The second kappa shape index (κ2) is 9.89. The lowest BCUT2D eigenvalue weighted by Gasteiger charge is -2.38. The molecule has 2 fully saturated rings. The molecule has 0 unspecified atom stereocenters. The van der Waals surface area contributed by atoms with Gasteiger partial charge >= 0.3 is 11.8 Å². The summed E-state index contributed by atoms with van der Waals surface area (Å²) in [5.41, 5.74) is 0.732. The molecular weight excluding hydrogens is 412 g/mol. The van der Waals surface area contributed by atoms with Gasteiger partial charge in [0, 0.05) is 5.56 Å². The van der Waals surface area contributed by atoms with Crippen molar-refractivity contribution in [1.29, 1.82) is 0 Å². The highest BCUT2D eigenvalue weighted by Crippen LogP contribution is 2.50. The number of alkyl halides is 4. The molecule has 0 atom stereocenters. The van der Waals surface area contributed by atoms with E-state index < -0.39 is 17.4 Å². The SMILES string of the molecule is CCCCCCC1CCC(C2CCC(c3ccc4c(c3)C=CC(F)(F)C4(F)F)CC2)CC1. The van der Waals surface area contributed by atoms with Crippen LogP contribution in [0.4, 0.5) is 17.6 Å². The van der Waals surface area contributed by atoms with Crippen LogP contribution in [0.2, 0.25) is 0 Å². The molecule has 0 N–H and O–H groups in total. The number of unbranched alkanes of at least 4 members (excludes halogenated alkanes) is 3. The Morgan fingerprint density at radius 2 is 1.47 bits per heavy atom. The number of fused-ring (bicyclic) bond motifs is 1. The van der Waals surface area contributed by atoms with Gasteiger partial charge in [-0.25, -0.2) is 0 Å². The standard InChI is InChI=1S/C28H38F4/c1-2-3-4-5-6-20-7-9-21(10-8-20)22-11-13-23(14-12-22)24-15-16-26-25(19-24)17-18-27(29,30)28(26,31)32/h15-23H,2-14H2,1H3. The molecule has 3 aliphatic carbocycles. The van der Waals surface area contributed by atoms with E-state index in [1.54, 1.807) is 12.1 Å². The molecule has 4 rings (SSSR count). The quantitative estimate of drug-likeness (QED) is 0.287. The zero-order valence-electron chi connectivity index (χ0n) is 19.4. The van der Waals surface area contributed by atoms with E-state index in [2.05, 4.69) is 6.92 Å². The van der Waals surface area contributed by atoms with Crippen LogP contribution in [0.1, 0.15) is 113 Å². The zero-order chi connectivity index (χ0) is 22.8. The van der Waals surface area contributed by atoms with Crippen molar-refractivity contribution in [2.24, 2.45) is 17.8 Å². The van der Waals surface area contributed by atoms with Gasteiger partial charge in [0.1, 0.15) is 0 Å². The minimum absolute atomic E-state index is 0.248. The molecule has 178 valence electrons. The maximum Gasteiger partial charge on any atom is 0.339 e. The largest absolute Gasteiger partial charge is 0.339 e. The molecular formula is C28H38F4. The van der Waals surface area contributed by atoms with Gasteiger partial charge in [-0.2, -0.15) is 17.6 Å². The summed E-state index contributed by atoms with van der Waals surface area (Å²) in [6.07, 6.45) is 18.5. The van der Waals surface area contributed by atoms with Crippen LogP contribution < -0.4 is 0 Å². The third-order valence-corrected chi connectivity index (χ3v) is 8.57. The first-order chi connectivity index (χ1) is 15.3. The Kier molecular flexibility index (Phi) is 7.36. The molecule has 0 aromatic heterocycles. The third kappa shape index (κ3) is 4.94. The number of hydrogen-bond donors (Lipinski definition) is 0. The number of hydrogen-bond acceptors (Lipinski definition) is 0. The second-order valence-corrected chi connectivity index (χ2v) is 10.6. The fourth-order valence-corrected chi connectivity index (χ4v) is 6.47. The lowest BCUT2D eigenvalue weighted by Crippen LogP contribution is -2.38. The van der Waals surface area contributed by atoms with Crippen molar-refractivity contribution in [2.75, 3.05) is 0 Å². The van der Waals surface area contributed by atoms with Gasteiger partial charge in [-0.3, -0.25) is 0 Å². The first-order valence-electron chi connectivity index (χ1n) is 12.9. The molecule has 3 aliphatic rings. The van der Waals surface area contributed by atoms with Crippen LogP contribution in [0, 0.1) is 17.8 Å². The summed E-state index contributed by atoms with van der Waals surface area (Å²) in [5.74, 6) is -5.30. The van der Waals surface area contributed by atoms with E-state index >= 15 is 0 Å². The zero-order valence-corrected chi connectivity index (χ0v) is 19.4. The summed E-state index contributed by atoms with van der Waals surface area (Å²) in [6.45, 7) is 2.27. The lowest BCUT2D eigenvalue weighted by molar-refractivity contribution is -0.187. The summed E-state index contributed by atoms with van der Waals surface area (Å²) >= 11 is 0. The highest BCUT2D eigenvalue weighted by molar-refractivity contribution is 5.61. The monoisotopic (exact) mass is 450 g/mol. The van der Waals surface area contributed by atoms with Crippen molar-refractivity contribution in [3.63, 3.8) is 0 Å². The molecule has 2 saturated carbocycles. The van der Waals surface area contributed by atoms with Crippen molar-refractivity contribution in [1.82, 2.24) is 0 Å². The molecule has 0 radical (unpaired) electrons. The van der Waals surface area contributed by atoms with Crippen LogP contribution in [0.25, 0.3) is 6.08 Å². The Morgan fingerprint density at radius 3 is 2.12 bits per heavy atom. The minimum atomic E-state index is -4.14. The molecule has 32 heavy (non-hydrogen) atoms. The van der Waals surface area contributed by atoms with Crippen LogP contribution in [-0.4, -0.2) is 5.92 Å². The third-order valence-electron chi connectivity index (χ3n) is 8.57. The van der Waals surface area contributed by atoms with Crippen molar-refractivity contribution in [2.45, 2.75) is 108 Å². The van der Waals surface area contributed by atoms with Crippen LogP contribution in [0.5, 0.6) is 0 Å². The van der Waals surface area contributed by atoms with Gasteiger partial charge in [-0.15, -0.1) is 0 Å². The van der Waals surface area contributed by atoms with E-state index in [1.807, 2.05) is 0 Å². The maximum absolute atomic E-state index is 14.1. The summed E-state index contributed by atoms with van der Waals surface area (Å²) in [7, 11) is 0. The number of allylic oxidation sites excluding steroid dienone is 1. The predicted molar refractivity (Wildman–Crippen MR) is 123 cm³/mol. The summed E-state index contributed by atoms with van der Waals surface area (Å²) in [6, 6.07) is 4.62. The number of halogens is 4. The molecule has 0 heterocycles. The van der Waals surface area contributed by atoms with E-state index in [1.165, 1.54) is 82.8 Å². The fraction of sp³-hybridized carbons (Fsp3) is 0.714. The summed E-state index contributed by atoms with van der Waals surface area (Å²) < 4.78 is 55.5. The van der Waals surface area contributed by atoms with Crippen molar-refractivity contribution in [3.05, 3.63) is 41.0 Å². The van der Waals surface area contributed by atoms with Gasteiger partial charge in [0.05, 0.1) is 0 Å². The predicted octanol–water partition coefficient (Wildman–Crippen LogP) is 9.49. The van der Waals surface area contributed by atoms with Gasteiger partial charge < -0.3 is 0 Å². The molecule has 0 amide bonds. The molecule has 1 aromatic carbocycles. The normalized spacial score (nSPS) is 31.3. The molecule has 4 heteroatoms. The molecule has 0 nitrogen and oxygen atoms in total. The van der Waals surface area contributed by atoms with E-state index in [0.717, 1.165) is 36.2 Å². The van der Waals surface area contributed by atoms with Crippen molar-refractivity contribution < 1.29 is 17.6 Å². The van der Waals surface area contributed by atoms with E-state index in [9.17, 15) is 17.6 Å². The van der Waals surface area contributed by atoms with Crippen LogP contribution in [0.3, 0.4) is 0 Å². The van der Waals surface area contributed by atoms with Crippen LogP contribution in [0.15, 0.2) is 24.3 Å². The van der Waals surface area contributed by atoms with E-state index in [4.69, 9.17) is 0 Å². The van der Waals surface area contributed by atoms with E-state index in [0.29, 0.717) is 12.0 Å². The smallest absolute Gasteiger partial charge is 0.195 e. The Labute approximate surface area is 190 Å². The first-order valence-corrected chi connectivity index (χ1v) is 12.9. The summed E-state index contributed by atoms with van der Waals surface area (Å²) in [4.78, 5) is 0. The average molecular weight is 451 g/mol. The second-order valence-electron chi connectivity index (χ2n) is 10.6. The molecule has 1 aromatic rings. The maximum atomic E-state index is 14.1. The van der Waals surface area contributed by atoms with Crippen molar-refractivity contribution >= 4 is 6.08 Å². The lowest BCUT2D eigenvalue weighted by atomic mass is 9.67. The van der Waals surface area contributed by atoms with Crippen LogP contribution in [-0.2, 0) is 5.92 Å². The fourth-order valence-electron chi connectivity index (χ4n) is 6.47. The van der Waals surface area contributed by atoms with Gasteiger partial charge in [0.15, 0.2) is 0 Å². The summed E-state index contributed by atoms with van der Waals surface area (Å²) in [5, 5.41) is 0. The molecule has 0 spiro atoms. The van der Waals surface area contributed by atoms with Crippen molar-refractivity contribution in [3.8, 4) is 0 Å². The van der Waals surface area contributed by atoms with E-state index in [-0.39, 0.29) is 5.56 Å². The highest BCUT2D eigenvalue weighted by Gasteiger charge is 2.58. The first kappa shape index (κ1) is 23.8. The Balaban J connectivity index is 1.28. The van der Waals surface area contributed by atoms with Gasteiger partial charge in [0.25, 0.3) is 0 Å². The Hall–Kier alpha value is -1.32.